The predicted octanol–water partition coefficient (Wildman–Crippen LogP) is 1.51. The molecule has 0 fully saturated rings. The van der Waals surface area contributed by atoms with E-state index >= 15 is 0 Å². The lowest BCUT2D eigenvalue weighted by atomic mass is 10.1. The van der Waals surface area contributed by atoms with Crippen molar-refractivity contribution in [3.8, 4) is 11.5 Å². The van der Waals surface area contributed by atoms with Gasteiger partial charge in [0, 0.05) is 18.7 Å². The SMILES string of the molecule is COc1cccc(CNCCCNS(C)(=O)=O)c1OC(C)C. The highest BCUT2D eigenvalue weighted by atomic mass is 32.2. The normalized spacial score (nSPS) is 11.7. The van der Waals surface area contributed by atoms with E-state index < -0.39 is 10.0 Å². The summed E-state index contributed by atoms with van der Waals surface area (Å²) in [6, 6.07) is 5.79. The first kappa shape index (κ1) is 18.7. The third-order valence-electron chi connectivity index (χ3n) is 2.84. The van der Waals surface area contributed by atoms with E-state index in [4.69, 9.17) is 9.47 Å². The van der Waals surface area contributed by atoms with Gasteiger partial charge >= 0.3 is 0 Å². The van der Waals surface area contributed by atoms with E-state index in [1.165, 1.54) is 0 Å². The van der Waals surface area contributed by atoms with Crippen molar-refractivity contribution in [3.63, 3.8) is 0 Å². The van der Waals surface area contributed by atoms with Crippen molar-refractivity contribution < 1.29 is 17.9 Å². The van der Waals surface area contributed by atoms with Gasteiger partial charge < -0.3 is 14.8 Å². The summed E-state index contributed by atoms with van der Waals surface area (Å²) in [5.41, 5.74) is 1.02. The van der Waals surface area contributed by atoms with E-state index in [-0.39, 0.29) is 6.10 Å². The van der Waals surface area contributed by atoms with Gasteiger partial charge in [-0.2, -0.15) is 0 Å². The quantitative estimate of drug-likeness (QED) is 0.636. The molecule has 6 nitrogen and oxygen atoms in total. The van der Waals surface area contributed by atoms with Crippen molar-refractivity contribution >= 4 is 10.0 Å². The molecule has 0 aliphatic rings. The van der Waals surface area contributed by atoms with Crippen LogP contribution in [-0.4, -0.2) is 41.0 Å². The van der Waals surface area contributed by atoms with Gasteiger partial charge in [0.1, 0.15) is 0 Å². The van der Waals surface area contributed by atoms with Crippen molar-refractivity contribution in [2.45, 2.75) is 32.9 Å². The number of rotatable bonds is 10. The van der Waals surface area contributed by atoms with Crippen molar-refractivity contribution in [1.82, 2.24) is 10.0 Å². The van der Waals surface area contributed by atoms with Crippen LogP contribution in [0.2, 0.25) is 0 Å². The molecule has 0 radical (unpaired) electrons. The molecule has 126 valence electrons. The summed E-state index contributed by atoms with van der Waals surface area (Å²) >= 11 is 0. The average Bonchev–Trinajstić information content (AvgIpc) is 2.42. The zero-order valence-corrected chi connectivity index (χ0v) is 14.5. The lowest BCUT2D eigenvalue weighted by Gasteiger charge is -2.17. The van der Waals surface area contributed by atoms with Crippen LogP contribution in [0.3, 0.4) is 0 Å². The van der Waals surface area contributed by atoms with Gasteiger partial charge in [-0.05, 0) is 32.9 Å². The smallest absolute Gasteiger partial charge is 0.208 e. The van der Waals surface area contributed by atoms with Crippen LogP contribution in [0.1, 0.15) is 25.8 Å². The molecule has 0 heterocycles. The third-order valence-corrected chi connectivity index (χ3v) is 3.57. The maximum Gasteiger partial charge on any atom is 0.208 e. The average molecular weight is 330 g/mol. The molecule has 22 heavy (non-hydrogen) atoms. The fourth-order valence-electron chi connectivity index (χ4n) is 1.92. The molecular weight excluding hydrogens is 304 g/mol. The maximum atomic E-state index is 10.9. The van der Waals surface area contributed by atoms with Gasteiger partial charge in [0.25, 0.3) is 0 Å². The number of para-hydroxylation sites is 1. The second kappa shape index (κ2) is 8.97. The molecule has 0 aliphatic carbocycles. The first-order valence-corrected chi connectivity index (χ1v) is 9.20. The molecule has 1 aromatic carbocycles. The Morgan fingerprint density at radius 1 is 1.23 bits per heavy atom. The Morgan fingerprint density at radius 2 is 1.95 bits per heavy atom. The van der Waals surface area contributed by atoms with Gasteiger partial charge in [0.15, 0.2) is 11.5 Å². The number of hydrogen-bond donors (Lipinski definition) is 2. The third kappa shape index (κ3) is 7.11. The highest BCUT2D eigenvalue weighted by molar-refractivity contribution is 7.88. The highest BCUT2D eigenvalue weighted by Crippen LogP contribution is 2.31. The second-order valence-electron chi connectivity index (χ2n) is 5.31. The fourth-order valence-corrected chi connectivity index (χ4v) is 2.44. The number of nitrogens with one attached hydrogen (secondary N) is 2. The number of benzene rings is 1. The predicted molar refractivity (Wildman–Crippen MR) is 87.9 cm³/mol. The molecule has 1 rings (SSSR count). The molecule has 0 spiro atoms. The van der Waals surface area contributed by atoms with Crippen molar-refractivity contribution in [2.24, 2.45) is 0 Å². The van der Waals surface area contributed by atoms with Crippen LogP contribution in [-0.2, 0) is 16.6 Å². The lowest BCUT2D eigenvalue weighted by Crippen LogP contribution is -2.26. The number of ether oxygens (including phenoxy) is 2. The van der Waals surface area contributed by atoms with Crippen LogP contribution < -0.4 is 19.5 Å². The van der Waals surface area contributed by atoms with E-state index in [1.54, 1.807) is 7.11 Å². The van der Waals surface area contributed by atoms with Crippen molar-refractivity contribution in [2.75, 3.05) is 26.5 Å². The van der Waals surface area contributed by atoms with Gasteiger partial charge in [-0.15, -0.1) is 0 Å². The molecular formula is C15H26N2O4S. The minimum absolute atomic E-state index is 0.0639. The summed E-state index contributed by atoms with van der Waals surface area (Å²) in [4.78, 5) is 0. The molecule has 1 aromatic rings. The van der Waals surface area contributed by atoms with Crippen molar-refractivity contribution in [3.05, 3.63) is 23.8 Å². The van der Waals surface area contributed by atoms with Crippen LogP contribution in [0.15, 0.2) is 18.2 Å². The van der Waals surface area contributed by atoms with Crippen LogP contribution in [0.4, 0.5) is 0 Å². The molecule has 2 N–H and O–H groups in total. The van der Waals surface area contributed by atoms with E-state index in [0.717, 1.165) is 24.0 Å². The summed E-state index contributed by atoms with van der Waals surface area (Å²) in [5, 5.41) is 3.28. The van der Waals surface area contributed by atoms with Gasteiger partial charge in [0.05, 0.1) is 19.5 Å². The molecule has 0 bridgehead atoms. The van der Waals surface area contributed by atoms with E-state index in [1.807, 2.05) is 32.0 Å². The van der Waals surface area contributed by atoms with Crippen LogP contribution in [0, 0.1) is 0 Å². The number of sulfonamides is 1. The van der Waals surface area contributed by atoms with Gasteiger partial charge in [-0.3, -0.25) is 0 Å². The molecule has 0 aliphatic heterocycles. The summed E-state index contributed by atoms with van der Waals surface area (Å²) in [6.45, 7) is 5.72. The Morgan fingerprint density at radius 3 is 2.55 bits per heavy atom. The lowest BCUT2D eigenvalue weighted by molar-refractivity contribution is 0.227. The van der Waals surface area contributed by atoms with Crippen molar-refractivity contribution in [1.29, 1.82) is 0 Å². The standard InChI is InChI=1S/C15H26N2O4S/c1-12(2)21-15-13(7-5-8-14(15)20-3)11-16-9-6-10-17-22(4,18)19/h5,7-8,12,16-17H,6,9-11H2,1-4H3. The summed E-state index contributed by atoms with van der Waals surface area (Å²) < 4.78 is 35.5. The van der Waals surface area contributed by atoms with Crippen LogP contribution in [0.5, 0.6) is 11.5 Å². The van der Waals surface area contributed by atoms with Gasteiger partial charge in [-0.25, -0.2) is 13.1 Å². The van der Waals surface area contributed by atoms with Crippen LogP contribution in [0.25, 0.3) is 0 Å². The largest absolute Gasteiger partial charge is 0.493 e. The Hall–Kier alpha value is -1.31. The minimum atomic E-state index is -3.11. The van der Waals surface area contributed by atoms with Gasteiger partial charge in [-0.1, -0.05) is 12.1 Å². The summed E-state index contributed by atoms with van der Waals surface area (Å²) in [7, 11) is -1.49. The summed E-state index contributed by atoms with van der Waals surface area (Å²) in [6.07, 6.45) is 1.94. The maximum absolute atomic E-state index is 10.9. The molecule has 0 atom stereocenters. The topological polar surface area (TPSA) is 76.7 Å². The Kier molecular flexibility index (Phi) is 7.64. The molecule has 0 saturated carbocycles. The minimum Gasteiger partial charge on any atom is -0.493 e. The Bertz CT molecular complexity index is 559. The number of methoxy groups -OCH3 is 1. The first-order chi connectivity index (χ1) is 10.3. The fraction of sp³-hybridized carbons (Fsp3) is 0.600. The van der Waals surface area contributed by atoms with Crippen LogP contribution >= 0.6 is 0 Å². The highest BCUT2D eigenvalue weighted by Gasteiger charge is 2.11. The zero-order chi connectivity index (χ0) is 16.6. The second-order valence-corrected chi connectivity index (χ2v) is 7.14. The molecule has 0 unspecified atom stereocenters. The molecule has 0 amide bonds. The Labute approximate surface area is 133 Å². The van der Waals surface area contributed by atoms with Gasteiger partial charge in [0.2, 0.25) is 10.0 Å². The molecule has 0 saturated heterocycles. The molecule has 7 heteroatoms. The van der Waals surface area contributed by atoms with E-state index in [9.17, 15) is 8.42 Å². The van der Waals surface area contributed by atoms with E-state index in [2.05, 4.69) is 10.0 Å². The zero-order valence-electron chi connectivity index (χ0n) is 13.7. The first-order valence-electron chi connectivity index (χ1n) is 7.31. The summed E-state index contributed by atoms with van der Waals surface area (Å²) in [5.74, 6) is 1.47. The van der Waals surface area contributed by atoms with E-state index in [0.29, 0.717) is 25.4 Å². The number of hydrogen-bond acceptors (Lipinski definition) is 5. The monoisotopic (exact) mass is 330 g/mol. The Balaban J connectivity index is 2.51. The molecule has 0 aromatic heterocycles.